The lowest BCUT2D eigenvalue weighted by atomic mass is 10.1. The average molecular weight is 263 g/mol. The Kier molecular flexibility index (Phi) is 3.34. The minimum absolute atomic E-state index is 0.00859. The largest absolute Gasteiger partial charge is 0.478 e. The van der Waals surface area contributed by atoms with E-state index in [9.17, 15) is 9.59 Å². The number of carbonyl (C=O) groups is 1. The maximum Gasteiger partial charge on any atom is 0.335 e. The van der Waals surface area contributed by atoms with Gasteiger partial charge in [0.05, 0.1) is 12.1 Å². The van der Waals surface area contributed by atoms with Crippen molar-refractivity contribution in [3.05, 3.63) is 55.6 Å². The van der Waals surface area contributed by atoms with Crippen LogP contribution in [-0.2, 0) is 6.54 Å². The fourth-order valence-electron chi connectivity index (χ4n) is 1.76. The zero-order valence-electron chi connectivity index (χ0n) is 10.1. The Labute approximate surface area is 108 Å². The van der Waals surface area contributed by atoms with Crippen LogP contribution < -0.4 is 4.87 Å². The van der Waals surface area contributed by atoms with Crippen LogP contribution in [-0.4, -0.2) is 15.6 Å². The summed E-state index contributed by atoms with van der Waals surface area (Å²) < 4.78 is 1.67. The molecule has 1 N–H and O–H groups in total. The summed E-state index contributed by atoms with van der Waals surface area (Å²) in [6.45, 7) is 4.22. The van der Waals surface area contributed by atoms with Gasteiger partial charge in [-0.1, -0.05) is 23.5 Å². The number of carboxylic acid groups (broad SMARTS) is 1. The van der Waals surface area contributed by atoms with Gasteiger partial charge in [-0.15, -0.1) is 0 Å². The van der Waals surface area contributed by atoms with Crippen molar-refractivity contribution in [3.63, 3.8) is 0 Å². The fraction of sp³-hybridized carbons (Fsp3) is 0.231. The second kappa shape index (κ2) is 4.78. The average Bonchev–Trinajstić information content (AvgIpc) is 2.56. The quantitative estimate of drug-likeness (QED) is 0.924. The lowest BCUT2D eigenvalue weighted by molar-refractivity contribution is 0.0696. The first-order chi connectivity index (χ1) is 8.49. The standard InChI is InChI=1S/C13H13NO3S/c1-8-9(2)18-13(17)14(8)7-10-4-3-5-11(6-10)12(15)16/h3-6H,7H2,1-2H3,(H,15,16). The van der Waals surface area contributed by atoms with Crippen molar-refractivity contribution < 1.29 is 9.90 Å². The maximum absolute atomic E-state index is 11.7. The van der Waals surface area contributed by atoms with E-state index in [0.717, 1.165) is 16.1 Å². The highest BCUT2D eigenvalue weighted by atomic mass is 32.1. The molecule has 0 saturated carbocycles. The van der Waals surface area contributed by atoms with Crippen molar-refractivity contribution in [3.8, 4) is 0 Å². The summed E-state index contributed by atoms with van der Waals surface area (Å²) in [6, 6.07) is 6.66. The third-order valence-corrected chi connectivity index (χ3v) is 3.89. The van der Waals surface area contributed by atoms with Crippen LogP contribution in [0.4, 0.5) is 0 Å². The van der Waals surface area contributed by atoms with Crippen molar-refractivity contribution in [1.82, 2.24) is 4.57 Å². The van der Waals surface area contributed by atoms with Gasteiger partial charge in [0.15, 0.2) is 0 Å². The molecule has 0 atom stereocenters. The van der Waals surface area contributed by atoms with Gasteiger partial charge >= 0.3 is 10.8 Å². The van der Waals surface area contributed by atoms with Crippen LogP contribution in [0.15, 0.2) is 29.1 Å². The van der Waals surface area contributed by atoms with E-state index in [1.807, 2.05) is 19.9 Å². The number of carboxylic acids is 1. The molecular weight excluding hydrogens is 250 g/mol. The third kappa shape index (κ3) is 2.36. The molecule has 0 amide bonds. The van der Waals surface area contributed by atoms with E-state index in [2.05, 4.69) is 0 Å². The Morgan fingerprint density at radius 3 is 2.67 bits per heavy atom. The number of thiazole rings is 1. The Hall–Kier alpha value is -1.88. The molecule has 94 valence electrons. The summed E-state index contributed by atoms with van der Waals surface area (Å²) in [5, 5.41) is 8.92. The van der Waals surface area contributed by atoms with Gasteiger partial charge in [-0.2, -0.15) is 0 Å². The molecule has 0 saturated heterocycles. The molecule has 1 aromatic carbocycles. The van der Waals surface area contributed by atoms with Gasteiger partial charge in [0.2, 0.25) is 0 Å². The van der Waals surface area contributed by atoms with Crippen LogP contribution >= 0.6 is 11.3 Å². The van der Waals surface area contributed by atoms with Crippen molar-refractivity contribution in [2.45, 2.75) is 20.4 Å². The highest BCUT2D eigenvalue weighted by Gasteiger charge is 2.09. The number of aromatic nitrogens is 1. The zero-order chi connectivity index (χ0) is 13.3. The maximum atomic E-state index is 11.7. The van der Waals surface area contributed by atoms with Gasteiger partial charge in [0.1, 0.15) is 0 Å². The highest BCUT2D eigenvalue weighted by molar-refractivity contribution is 7.09. The molecule has 2 rings (SSSR count). The number of aromatic carboxylic acids is 1. The van der Waals surface area contributed by atoms with Crippen LogP contribution in [0.1, 0.15) is 26.5 Å². The number of hydrogen-bond acceptors (Lipinski definition) is 3. The van der Waals surface area contributed by atoms with E-state index in [4.69, 9.17) is 5.11 Å². The number of aryl methyl sites for hydroxylation is 1. The highest BCUT2D eigenvalue weighted by Crippen LogP contribution is 2.13. The smallest absolute Gasteiger partial charge is 0.335 e. The van der Waals surface area contributed by atoms with E-state index >= 15 is 0 Å². The first-order valence-electron chi connectivity index (χ1n) is 5.48. The number of rotatable bonds is 3. The molecule has 0 aliphatic carbocycles. The van der Waals surface area contributed by atoms with Crippen molar-refractivity contribution in [2.24, 2.45) is 0 Å². The molecule has 1 aromatic heterocycles. The van der Waals surface area contributed by atoms with Crippen molar-refractivity contribution >= 4 is 17.3 Å². The Bertz CT molecular complexity index is 654. The Morgan fingerprint density at radius 1 is 1.39 bits per heavy atom. The SMILES string of the molecule is Cc1sc(=O)n(Cc2cccc(C(=O)O)c2)c1C. The van der Waals surface area contributed by atoms with Crippen LogP contribution in [0.25, 0.3) is 0 Å². The van der Waals surface area contributed by atoms with Crippen molar-refractivity contribution in [2.75, 3.05) is 0 Å². The minimum Gasteiger partial charge on any atom is -0.478 e. The molecular formula is C13H13NO3S. The Morgan fingerprint density at radius 2 is 2.11 bits per heavy atom. The normalized spacial score (nSPS) is 10.6. The lowest BCUT2D eigenvalue weighted by Gasteiger charge is -2.06. The molecule has 0 unspecified atom stereocenters. The van der Waals surface area contributed by atoms with Gasteiger partial charge in [-0.3, -0.25) is 9.36 Å². The molecule has 4 nitrogen and oxygen atoms in total. The molecule has 18 heavy (non-hydrogen) atoms. The molecule has 0 aliphatic heterocycles. The number of hydrogen-bond donors (Lipinski definition) is 1. The minimum atomic E-state index is -0.956. The van der Waals surface area contributed by atoms with Gasteiger partial charge in [0, 0.05) is 10.6 Å². The Balaban J connectivity index is 2.37. The van der Waals surface area contributed by atoms with E-state index in [-0.39, 0.29) is 10.4 Å². The summed E-state index contributed by atoms with van der Waals surface area (Å²) in [5.41, 5.74) is 1.99. The fourth-order valence-corrected chi connectivity index (χ4v) is 2.59. The molecule has 0 fully saturated rings. The third-order valence-electron chi connectivity index (χ3n) is 2.89. The van der Waals surface area contributed by atoms with E-state index in [0.29, 0.717) is 6.54 Å². The predicted molar refractivity (Wildman–Crippen MR) is 70.6 cm³/mol. The molecule has 0 aliphatic rings. The monoisotopic (exact) mass is 263 g/mol. The molecule has 1 heterocycles. The van der Waals surface area contributed by atoms with E-state index in [1.54, 1.807) is 22.8 Å². The number of benzene rings is 1. The van der Waals surface area contributed by atoms with Gasteiger partial charge in [-0.25, -0.2) is 4.79 Å². The van der Waals surface area contributed by atoms with Crippen LogP contribution in [0.2, 0.25) is 0 Å². The lowest BCUT2D eigenvalue weighted by Crippen LogP contribution is -2.15. The van der Waals surface area contributed by atoms with Crippen molar-refractivity contribution in [1.29, 1.82) is 0 Å². The van der Waals surface area contributed by atoms with Gasteiger partial charge in [0.25, 0.3) is 0 Å². The van der Waals surface area contributed by atoms with Crippen LogP contribution in [0, 0.1) is 13.8 Å². The topological polar surface area (TPSA) is 59.3 Å². The summed E-state index contributed by atoms with van der Waals surface area (Å²) in [5.74, 6) is -0.956. The number of nitrogens with zero attached hydrogens (tertiary/aromatic N) is 1. The predicted octanol–water partition coefficient (Wildman–Crippen LogP) is 2.27. The summed E-state index contributed by atoms with van der Waals surface area (Å²) >= 11 is 1.22. The summed E-state index contributed by atoms with van der Waals surface area (Å²) in [4.78, 5) is 23.6. The molecule has 0 radical (unpaired) electrons. The molecule has 0 spiro atoms. The molecule has 2 aromatic rings. The van der Waals surface area contributed by atoms with Gasteiger partial charge < -0.3 is 5.11 Å². The van der Waals surface area contributed by atoms with E-state index < -0.39 is 5.97 Å². The van der Waals surface area contributed by atoms with Crippen LogP contribution in [0.5, 0.6) is 0 Å². The summed E-state index contributed by atoms with van der Waals surface area (Å²) in [7, 11) is 0. The molecule has 5 heteroatoms. The second-order valence-electron chi connectivity index (χ2n) is 4.10. The van der Waals surface area contributed by atoms with Gasteiger partial charge in [-0.05, 0) is 31.5 Å². The second-order valence-corrected chi connectivity index (χ2v) is 5.27. The zero-order valence-corrected chi connectivity index (χ0v) is 11.0. The summed E-state index contributed by atoms with van der Waals surface area (Å²) in [6.07, 6.45) is 0. The first kappa shape index (κ1) is 12.6. The molecule has 0 bridgehead atoms. The van der Waals surface area contributed by atoms with Crippen LogP contribution in [0.3, 0.4) is 0 Å². The van der Waals surface area contributed by atoms with E-state index in [1.165, 1.54) is 11.3 Å². The first-order valence-corrected chi connectivity index (χ1v) is 6.29.